The van der Waals surface area contributed by atoms with E-state index in [1.807, 2.05) is 6.07 Å². The number of piperidine rings is 2. The van der Waals surface area contributed by atoms with Crippen LogP contribution in [-0.2, 0) is 5.54 Å². The molecular weight excluding hydrogens is 186 g/mol. The summed E-state index contributed by atoms with van der Waals surface area (Å²) >= 11 is 0. The molecule has 0 spiro atoms. The zero-order valence-corrected chi connectivity index (χ0v) is 9.12. The molecule has 2 bridgehead atoms. The first-order chi connectivity index (χ1) is 7.32. The Hall–Kier alpha value is -1.02. The SMILES string of the molecule is COc1cccc(C23CC(CCN2)C3)c1. The van der Waals surface area contributed by atoms with E-state index in [-0.39, 0.29) is 5.54 Å². The number of rotatable bonds is 2. The summed E-state index contributed by atoms with van der Waals surface area (Å²) < 4.78 is 5.28. The number of nitrogens with one attached hydrogen (secondary N) is 1. The minimum absolute atomic E-state index is 0.275. The Kier molecular flexibility index (Phi) is 1.99. The third-order valence-electron chi connectivity index (χ3n) is 3.91. The minimum Gasteiger partial charge on any atom is -0.497 e. The summed E-state index contributed by atoms with van der Waals surface area (Å²) in [5.74, 6) is 1.93. The number of ether oxygens (including phenoxy) is 1. The van der Waals surface area contributed by atoms with Gasteiger partial charge in [-0.1, -0.05) is 12.1 Å². The fourth-order valence-corrected chi connectivity index (χ4v) is 3.05. The molecule has 15 heavy (non-hydrogen) atoms. The molecule has 1 aromatic rings. The van der Waals surface area contributed by atoms with Crippen molar-refractivity contribution in [2.24, 2.45) is 5.92 Å². The van der Waals surface area contributed by atoms with Crippen molar-refractivity contribution in [3.05, 3.63) is 29.8 Å². The standard InChI is InChI=1S/C13H17NO/c1-15-12-4-2-3-11(7-12)13-8-10(9-13)5-6-14-13/h2-4,7,10,14H,5-6,8-9H2,1H3. The van der Waals surface area contributed by atoms with E-state index in [4.69, 9.17) is 4.74 Å². The van der Waals surface area contributed by atoms with E-state index in [9.17, 15) is 0 Å². The van der Waals surface area contributed by atoms with Gasteiger partial charge in [-0.05, 0) is 49.4 Å². The molecule has 2 heteroatoms. The third kappa shape index (κ3) is 1.36. The molecule has 2 saturated heterocycles. The number of hydrogen-bond acceptors (Lipinski definition) is 2. The second kappa shape index (κ2) is 3.24. The largest absolute Gasteiger partial charge is 0.497 e. The van der Waals surface area contributed by atoms with Crippen molar-refractivity contribution in [1.29, 1.82) is 0 Å². The van der Waals surface area contributed by atoms with Gasteiger partial charge < -0.3 is 10.1 Å². The number of methoxy groups -OCH3 is 1. The van der Waals surface area contributed by atoms with Crippen molar-refractivity contribution in [3.63, 3.8) is 0 Å². The van der Waals surface area contributed by atoms with Crippen LogP contribution in [0.15, 0.2) is 24.3 Å². The maximum absolute atomic E-state index is 5.28. The zero-order chi connectivity index (χ0) is 10.3. The van der Waals surface area contributed by atoms with Crippen LogP contribution in [0.25, 0.3) is 0 Å². The van der Waals surface area contributed by atoms with Crippen LogP contribution in [0.4, 0.5) is 0 Å². The van der Waals surface area contributed by atoms with Gasteiger partial charge in [-0.2, -0.15) is 0 Å². The lowest BCUT2D eigenvalue weighted by atomic mass is 9.61. The summed E-state index contributed by atoms with van der Waals surface area (Å²) in [6, 6.07) is 8.50. The fraction of sp³-hybridized carbons (Fsp3) is 0.538. The maximum atomic E-state index is 5.28. The first kappa shape index (κ1) is 9.22. The zero-order valence-electron chi connectivity index (χ0n) is 9.12. The molecule has 4 rings (SSSR count). The van der Waals surface area contributed by atoms with E-state index < -0.39 is 0 Å². The number of fused-ring (bicyclic) bond motifs is 2. The normalized spacial score (nSPS) is 33.3. The lowest BCUT2D eigenvalue weighted by molar-refractivity contribution is 0.0500. The quantitative estimate of drug-likeness (QED) is 0.796. The predicted molar refractivity (Wildman–Crippen MR) is 60.0 cm³/mol. The van der Waals surface area contributed by atoms with Crippen molar-refractivity contribution < 1.29 is 4.74 Å². The molecule has 1 saturated carbocycles. The van der Waals surface area contributed by atoms with Crippen LogP contribution in [0, 0.1) is 5.92 Å². The summed E-state index contributed by atoms with van der Waals surface area (Å²) in [4.78, 5) is 0. The summed E-state index contributed by atoms with van der Waals surface area (Å²) in [5, 5.41) is 3.67. The van der Waals surface area contributed by atoms with Crippen LogP contribution < -0.4 is 10.1 Å². The highest BCUT2D eigenvalue weighted by molar-refractivity contribution is 5.36. The van der Waals surface area contributed by atoms with Crippen molar-refractivity contribution in [1.82, 2.24) is 5.32 Å². The molecule has 1 N–H and O–H groups in total. The van der Waals surface area contributed by atoms with Gasteiger partial charge in [0.15, 0.2) is 0 Å². The molecule has 0 unspecified atom stereocenters. The number of hydrogen-bond donors (Lipinski definition) is 1. The fourth-order valence-electron chi connectivity index (χ4n) is 3.05. The highest BCUT2D eigenvalue weighted by atomic mass is 16.5. The lowest BCUT2D eigenvalue weighted by Crippen LogP contribution is -2.57. The van der Waals surface area contributed by atoms with E-state index in [1.54, 1.807) is 7.11 Å². The van der Waals surface area contributed by atoms with Gasteiger partial charge in [-0.3, -0.25) is 0 Å². The Labute approximate surface area is 90.6 Å². The molecule has 0 amide bonds. The summed E-state index contributed by atoms with van der Waals surface area (Å²) in [6.07, 6.45) is 3.96. The van der Waals surface area contributed by atoms with Crippen LogP contribution in [0.1, 0.15) is 24.8 Å². The lowest BCUT2D eigenvalue weighted by Gasteiger charge is -2.53. The average Bonchev–Trinajstić information content (AvgIpc) is 2.29. The van der Waals surface area contributed by atoms with Crippen molar-refractivity contribution in [2.45, 2.75) is 24.8 Å². The molecule has 1 aromatic carbocycles. The number of benzene rings is 1. The smallest absolute Gasteiger partial charge is 0.119 e. The van der Waals surface area contributed by atoms with Gasteiger partial charge in [0, 0.05) is 5.54 Å². The van der Waals surface area contributed by atoms with Crippen LogP contribution in [-0.4, -0.2) is 13.7 Å². The predicted octanol–water partition coefficient (Wildman–Crippen LogP) is 2.29. The second-order valence-corrected chi connectivity index (χ2v) is 4.80. The molecular formula is C13H17NO. The molecule has 0 atom stereocenters. The molecule has 0 aromatic heterocycles. The molecule has 80 valence electrons. The highest BCUT2D eigenvalue weighted by Crippen LogP contribution is 2.50. The van der Waals surface area contributed by atoms with E-state index in [1.165, 1.54) is 31.4 Å². The van der Waals surface area contributed by atoms with Gasteiger partial charge in [-0.25, -0.2) is 0 Å². The van der Waals surface area contributed by atoms with Crippen LogP contribution in [0.2, 0.25) is 0 Å². The molecule has 1 aliphatic carbocycles. The second-order valence-electron chi connectivity index (χ2n) is 4.80. The Morgan fingerprint density at radius 1 is 1.40 bits per heavy atom. The van der Waals surface area contributed by atoms with Gasteiger partial charge >= 0.3 is 0 Å². The van der Waals surface area contributed by atoms with Crippen LogP contribution in [0.3, 0.4) is 0 Å². The Balaban J connectivity index is 1.91. The summed E-state index contributed by atoms with van der Waals surface area (Å²) in [6.45, 7) is 1.17. The van der Waals surface area contributed by atoms with Crippen LogP contribution in [0.5, 0.6) is 5.75 Å². The van der Waals surface area contributed by atoms with Gasteiger partial charge in [0.05, 0.1) is 7.11 Å². The minimum atomic E-state index is 0.275. The molecule has 2 nitrogen and oxygen atoms in total. The van der Waals surface area contributed by atoms with Gasteiger partial charge in [0.25, 0.3) is 0 Å². The van der Waals surface area contributed by atoms with E-state index in [0.29, 0.717) is 0 Å². The van der Waals surface area contributed by atoms with Crippen molar-refractivity contribution >= 4 is 0 Å². The van der Waals surface area contributed by atoms with Crippen LogP contribution >= 0.6 is 0 Å². The molecule has 3 fully saturated rings. The molecule has 3 aliphatic rings. The van der Waals surface area contributed by atoms with Crippen molar-refractivity contribution in [3.8, 4) is 5.75 Å². The Morgan fingerprint density at radius 2 is 2.27 bits per heavy atom. The average molecular weight is 203 g/mol. The van der Waals surface area contributed by atoms with Gasteiger partial charge in [-0.15, -0.1) is 0 Å². The Morgan fingerprint density at radius 3 is 2.93 bits per heavy atom. The van der Waals surface area contributed by atoms with E-state index in [2.05, 4.69) is 23.5 Å². The van der Waals surface area contributed by atoms with E-state index >= 15 is 0 Å². The monoisotopic (exact) mass is 203 g/mol. The molecule has 2 aliphatic heterocycles. The van der Waals surface area contributed by atoms with Crippen molar-refractivity contribution in [2.75, 3.05) is 13.7 Å². The maximum Gasteiger partial charge on any atom is 0.119 e. The topological polar surface area (TPSA) is 21.3 Å². The third-order valence-corrected chi connectivity index (χ3v) is 3.91. The van der Waals surface area contributed by atoms with Gasteiger partial charge in [0.1, 0.15) is 5.75 Å². The first-order valence-corrected chi connectivity index (χ1v) is 5.72. The van der Waals surface area contributed by atoms with Gasteiger partial charge in [0.2, 0.25) is 0 Å². The highest BCUT2D eigenvalue weighted by Gasteiger charge is 2.47. The molecule has 0 radical (unpaired) electrons. The first-order valence-electron chi connectivity index (χ1n) is 5.72. The molecule has 2 heterocycles. The Bertz CT molecular complexity index is 363. The summed E-state index contributed by atoms with van der Waals surface area (Å²) in [5.41, 5.74) is 1.68. The summed E-state index contributed by atoms with van der Waals surface area (Å²) in [7, 11) is 1.73. The van der Waals surface area contributed by atoms with E-state index in [0.717, 1.165) is 11.7 Å².